The van der Waals surface area contributed by atoms with Crippen LogP contribution in [0.15, 0.2) is 24.3 Å². The number of hydrogen-bond donors (Lipinski definition) is 1. The minimum Gasteiger partial charge on any atom is -0.369 e. The lowest BCUT2D eigenvalue weighted by Crippen LogP contribution is -2.36. The van der Waals surface area contributed by atoms with Crippen LogP contribution < -0.4 is 5.73 Å². The van der Waals surface area contributed by atoms with E-state index in [2.05, 4.69) is 52.0 Å². The Morgan fingerprint density at radius 3 is 2.57 bits per heavy atom. The monoisotopic (exact) mass is 289 g/mol. The molecular weight excluding hydrogens is 258 g/mol. The normalized spacial score (nSPS) is 27.8. The Morgan fingerprint density at radius 2 is 1.95 bits per heavy atom. The molecule has 21 heavy (non-hydrogen) atoms. The fraction of sp³-hybridized carbons (Fsp3) is 0.684. The standard InChI is InChI=1S/C19H31NO/c1-13(2)16-10-9-14(3)11-18(16)21-19(12-20)17-8-6-5-7-15(17)4/h5-8,13-14,16,18-19H,9-12,20H2,1-4H3. The van der Waals surface area contributed by atoms with Gasteiger partial charge in [0.05, 0.1) is 12.2 Å². The highest BCUT2D eigenvalue weighted by Gasteiger charge is 2.33. The molecule has 0 aliphatic heterocycles. The van der Waals surface area contributed by atoms with Crippen molar-refractivity contribution in [1.29, 1.82) is 0 Å². The summed E-state index contributed by atoms with van der Waals surface area (Å²) in [6.45, 7) is 9.69. The molecule has 0 saturated heterocycles. The van der Waals surface area contributed by atoms with Gasteiger partial charge in [-0.25, -0.2) is 0 Å². The van der Waals surface area contributed by atoms with Crippen molar-refractivity contribution in [2.45, 2.75) is 59.2 Å². The second kappa shape index (κ2) is 7.42. The molecule has 2 nitrogen and oxygen atoms in total. The predicted molar refractivity (Wildman–Crippen MR) is 89.2 cm³/mol. The molecule has 4 unspecified atom stereocenters. The number of aryl methyl sites for hydroxylation is 1. The number of rotatable bonds is 5. The van der Waals surface area contributed by atoms with Crippen molar-refractivity contribution in [3.63, 3.8) is 0 Å². The van der Waals surface area contributed by atoms with E-state index in [1.165, 1.54) is 30.4 Å². The van der Waals surface area contributed by atoms with E-state index in [9.17, 15) is 0 Å². The minimum atomic E-state index is 0.0303. The van der Waals surface area contributed by atoms with Gasteiger partial charge in [-0.2, -0.15) is 0 Å². The largest absolute Gasteiger partial charge is 0.369 e. The third kappa shape index (κ3) is 4.08. The van der Waals surface area contributed by atoms with Crippen LogP contribution in [-0.2, 0) is 4.74 Å². The van der Waals surface area contributed by atoms with Gasteiger partial charge in [0.1, 0.15) is 0 Å². The predicted octanol–water partition coefficient (Wildman–Crippen LogP) is 4.47. The van der Waals surface area contributed by atoms with Crippen LogP contribution in [0.5, 0.6) is 0 Å². The molecule has 1 aromatic carbocycles. The van der Waals surface area contributed by atoms with Gasteiger partial charge < -0.3 is 10.5 Å². The van der Waals surface area contributed by atoms with Gasteiger partial charge in [-0.05, 0) is 48.6 Å². The molecule has 1 saturated carbocycles. The Balaban J connectivity index is 2.14. The van der Waals surface area contributed by atoms with Gasteiger partial charge in [0, 0.05) is 6.54 Å². The number of nitrogens with two attached hydrogens (primary N) is 1. The molecule has 2 heteroatoms. The van der Waals surface area contributed by atoms with E-state index in [-0.39, 0.29) is 6.10 Å². The summed E-state index contributed by atoms with van der Waals surface area (Å²) in [7, 11) is 0. The third-order valence-corrected chi connectivity index (χ3v) is 5.05. The van der Waals surface area contributed by atoms with Crippen LogP contribution in [0.2, 0.25) is 0 Å². The van der Waals surface area contributed by atoms with Gasteiger partial charge in [0.15, 0.2) is 0 Å². The van der Waals surface area contributed by atoms with E-state index >= 15 is 0 Å². The van der Waals surface area contributed by atoms with Crippen molar-refractivity contribution in [3.8, 4) is 0 Å². The van der Waals surface area contributed by atoms with Crippen LogP contribution in [0.1, 0.15) is 57.3 Å². The van der Waals surface area contributed by atoms with Crippen LogP contribution in [0.4, 0.5) is 0 Å². The maximum atomic E-state index is 6.53. The highest BCUT2D eigenvalue weighted by Crippen LogP contribution is 2.37. The molecule has 1 aliphatic rings. The first-order valence-corrected chi connectivity index (χ1v) is 8.44. The summed E-state index contributed by atoms with van der Waals surface area (Å²) in [5.74, 6) is 2.11. The average Bonchev–Trinajstić information content (AvgIpc) is 2.45. The lowest BCUT2D eigenvalue weighted by Gasteiger charge is -2.39. The summed E-state index contributed by atoms with van der Waals surface area (Å²) in [6, 6.07) is 8.46. The van der Waals surface area contributed by atoms with E-state index in [0.717, 1.165) is 5.92 Å². The molecule has 1 aliphatic carbocycles. The Bertz CT molecular complexity index is 443. The van der Waals surface area contributed by atoms with Crippen molar-refractivity contribution >= 4 is 0 Å². The fourth-order valence-electron chi connectivity index (χ4n) is 3.69. The van der Waals surface area contributed by atoms with Crippen LogP contribution in [-0.4, -0.2) is 12.6 Å². The first-order chi connectivity index (χ1) is 10.0. The van der Waals surface area contributed by atoms with Gasteiger partial charge >= 0.3 is 0 Å². The summed E-state index contributed by atoms with van der Waals surface area (Å²) < 4.78 is 6.53. The summed E-state index contributed by atoms with van der Waals surface area (Å²) >= 11 is 0. The zero-order chi connectivity index (χ0) is 15.4. The molecule has 0 spiro atoms. The average molecular weight is 289 g/mol. The molecule has 0 radical (unpaired) electrons. The first-order valence-electron chi connectivity index (χ1n) is 8.44. The molecule has 118 valence electrons. The summed E-state index contributed by atoms with van der Waals surface area (Å²) in [4.78, 5) is 0. The number of benzene rings is 1. The van der Waals surface area contributed by atoms with Gasteiger partial charge in [-0.15, -0.1) is 0 Å². The van der Waals surface area contributed by atoms with Crippen molar-refractivity contribution in [2.24, 2.45) is 23.5 Å². The molecular formula is C19H31NO. The molecule has 2 rings (SSSR count). The maximum absolute atomic E-state index is 6.53. The quantitative estimate of drug-likeness (QED) is 0.868. The summed E-state index contributed by atoms with van der Waals surface area (Å²) in [5.41, 5.74) is 8.55. The van der Waals surface area contributed by atoms with Crippen molar-refractivity contribution < 1.29 is 4.74 Å². The lowest BCUT2D eigenvalue weighted by atomic mass is 9.75. The smallest absolute Gasteiger partial charge is 0.0953 e. The van der Waals surface area contributed by atoms with Crippen molar-refractivity contribution in [1.82, 2.24) is 0 Å². The highest BCUT2D eigenvalue weighted by molar-refractivity contribution is 5.28. The number of hydrogen-bond acceptors (Lipinski definition) is 2. The van der Waals surface area contributed by atoms with Crippen molar-refractivity contribution in [3.05, 3.63) is 35.4 Å². The van der Waals surface area contributed by atoms with Crippen LogP contribution >= 0.6 is 0 Å². The Morgan fingerprint density at radius 1 is 1.24 bits per heavy atom. The van der Waals surface area contributed by atoms with Gasteiger partial charge in [0.2, 0.25) is 0 Å². The maximum Gasteiger partial charge on any atom is 0.0953 e. The molecule has 0 amide bonds. The van der Waals surface area contributed by atoms with E-state index in [4.69, 9.17) is 10.5 Å². The zero-order valence-corrected chi connectivity index (χ0v) is 14.0. The van der Waals surface area contributed by atoms with Gasteiger partial charge in [-0.3, -0.25) is 0 Å². The van der Waals surface area contributed by atoms with Gasteiger partial charge in [-0.1, -0.05) is 51.5 Å². The van der Waals surface area contributed by atoms with E-state index in [0.29, 0.717) is 24.5 Å². The van der Waals surface area contributed by atoms with Crippen LogP contribution in [0.25, 0.3) is 0 Å². The summed E-state index contributed by atoms with van der Waals surface area (Å²) in [6.07, 6.45) is 4.17. The molecule has 0 aromatic heterocycles. The minimum absolute atomic E-state index is 0.0303. The topological polar surface area (TPSA) is 35.2 Å². The molecule has 4 atom stereocenters. The van der Waals surface area contributed by atoms with Crippen LogP contribution in [0, 0.1) is 24.7 Å². The fourth-order valence-corrected chi connectivity index (χ4v) is 3.69. The van der Waals surface area contributed by atoms with E-state index in [1.807, 2.05) is 0 Å². The summed E-state index contributed by atoms with van der Waals surface area (Å²) in [5, 5.41) is 0. The number of ether oxygens (including phenoxy) is 1. The van der Waals surface area contributed by atoms with Crippen molar-refractivity contribution in [2.75, 3.05) is 6.54 Å². The third-order valence-electron chi connectivity index (χ3n) is 5.05. The van der Waals surface area contributed by atoms with Gasteiger partial charge in [0.25, 0.3) is 0 Å². The second-order valence-electron chi connectivity index (χ2n) is 7.08. The van der Waals surface area contributed by atoms with E-state index in [1.54, 1.807) is 0 Å². The first kappa shape index (κ1) is 16.5. The second-order valence-corrected chi connectivity index (χ2v) is 7.08. The zero-order valence-electron chi connectivity index (χ0n) is 14.0. The highest BCUT2D eigenvalue weighted by atomic mass is 16.5. The SMILES string of the molecule is Cc1ccccc1C(CN)OC1CC(C)CCC1C(C)C. The Hall–Kier alpha value is -0.860. The lowest BCUT2D eigenvalue weighted by molar-refractivity contribution is -0.0787. The molecule has 2 N–H and O–H groups in total. The van der Waals surface area contributed by atoms with Crippen LogP contribution in [0.3, 0.4) is 0 Å². The molecule has 0 heterocycles. The Kier molecular flexibility index (Phi) is 5.83. The molecule has 0 bridgehead atoms. The molecule has 1 aromatic rings. The van der Waals surface area contributed by atoms with E-state index < -0.39 is 0 Å². The molecule has 1 fully saturated rings. The Labute approximate surface area is 130 Å².